The van der Waals surface area contributed by atoms with Gasteiger partial charge in [-0.15, -0.1) is 0 Å². The molecule has 5 nitrogen and oxygen atoms in total. The van der Waals surface area contributed by atoms with Crippen LogP contribution < -0.4 is 10.6 Å². The zero-order valence-electron chi connectivity index (χ0n) is 11.3. The van der Waals surface area contributed by atoms with Crippen LogP contribution in [-0.2, 0) is 4.79 Å². The molecule has 1 amide bonds. The number of nitrogens with zero attached hydrogens (tertiary/aromatic N) is 3. The maximum atomic E-state index is 12.2. The number of carbonyl (C=O) groups is 1. The van der Waals surface area contributed by atoms with Crippen LogP contribution in [0.25, 0.3) is 0 Å². The van der Waals surface area contributed by atoms with Gasteiger partial charge in [-0.2, -0.15) is 5.26 Å². The van der Waals surface area contributed by atoms with Gasteiger partial charge >= 0.3 is 0 Å². The summed E-state index contributed by atoms with van der Waals surface area (Å²) in [5, 5.41) is 8.97. The van der Waals surface area contributed by atoms with Gasteiger partial charge in [-0.25, -0.2) is 0 Å². The lowest BCUT2D eigenvalue weighted by Gasteiger charge is -2.29. The minimum absolute atomic E-state index is 0.0826. The van der Waals surface area contributed by atoms with Crippen molar-refractivity contribution in [3.63, 3.8) is 0 Å². The van der Waals surface area contributed by atoms with Crippen LogP contribution in [0.5, 0.6) is 0 Å². The Kier molecular flexibility index (Phi) is 3.61. The van der Waals surface area contributed by atoms with Crippen molar-refractivity contribution in [3.8, 4) is 6.07 Å². The van der Waals surface area contributed by atoms with Crippen molar-refractivity contribution >= 4 is 17.3 Å². The first-order valence-electron chi connectivity index (χ1n) is 6.32. The number of rotatable bonds is 2. The van der Waals surface area contributed by atoms with E-state index in [1.165, 1.54) is 0 Å². The number of likely N-dealkylation sites (N-methyl/N-ethyl adjacent to an activating group) is 1. The van der Waals surface area contributed by atoms with Crippen molar-refractivity contribution in [2.24, 2.45) is 0 Å². The number of amides is 1. The molecule has 19 heavy (non-hydrogen) atoms. The quantitative estimate of drug-likeness (QED) is 0.809. The van der Waals surface area contributed by atoms with Crippen LogP contribution in [-0.4, -0.2) is 37.5 Å². The topological polar surface area (TPSA) is 73.4 Å². The van der Waals surface area contributed by atoms with E-state index in [0.717, 1.165) is 25.1 Å². The standard InChI is InChI=1S/C14H18N4O/c1-17(2)14(19)12-4-3-7-18(12)13-8-10(9-15)5-6-11(13)16/h5-6,8,12H,3-4,7,16H2,1-2H3. The fraction of sp³-hybridized carbons (Fsp3) is 0.429. The number of nitrogen functional groups attached to an aromatic ring is 1. The van der Waals surface area contributed by atoms with E-state index in [1.54, 1.807) is 37.2 Å². The molecule has 1 unspecified atom stereocenters. The Morgan fingerprint density at radius 2 is 2.26 bits per heavy atom. The first-order valence-corrected chi connectivity index (χ1v) is 6.32. The molecule has 0 radical (unpaired) electrons. The van der Waals surface area contributed by atoms with E-state index in [0.29, 0.717) is 11.3 Å². The second-order valence-electron chi connectivity index (χ2n) is 4.97. The monoisotopic (exact) mass is 258 g/mol. The molecular weight excluding hydrogens is 240 g/mol. The molecule has 1 fully saturated rings. The predicted octanol–water partition coefficient (Wildman–Crippen LogP) is 1.20. The van der Waals surface area contributed by atoms with Crippen LogP contribution in [0, 0.1) is 11.3 Å². The van der Waals surface area contributed by atoms with Gasteiger partial charge in [-0.1, -0.05) is 0 Å². The Hall–Kier alpha value is -2.22. The Bertz CT molecular complexity index is 533. The summed E-state index contributed by atoms with van der Waals surface area (Å²) < 4.78 is 0. The second-order valence-corrected chi connectivity index (χ2v) is 4.97. The summed E-state index contributed by atoms with van der Waals surface area (Å²) in [5.74, 6) is 0.0826. The SMILES string of the molecule is CN(C)C(=O)C1CCCN1c1cc(C#N)ccc1N. The summed E-state index contributed by atoms with van der Waals surface area (Å²) in [7, 11) is 3.52. The van der Waals surface area contributed by atoms with Gasteiger partial charge in [0.2, 0.25) is 5.91 Å². The number of nitriles is 1. The predicted molar refractivity (Wildman–Crippen MR) is 74.6 cm³/mol. The fourth-order valence-corrected chi connectivity index (χ4v) is 2.47. The third kappa shape index (κ3) is 2.48. The molecule has 2 rings (SSSR count). The number of anilines is 2. The highest BCUT2D eigenvalue weighted by Gasteiger charge is 2.32. The molecule has 5 heteroatoms. The van der Waals surface area contributed by atoms with Gasteiger partial charge in [0.15, 0.2) is 0 Å². The van der Waals surface area contributed by atoms with Crippen molar-refractivity contribution in [2.45, 2.75) is 18.9 Å². The Morgan fingerprint density at radius 3 is 2.89 bits per heavy atom. The number of hydrogen-bond donors (Lipinski definition) is 1. The number of hydrogen-bond acceptors (Lipinski definition) is 4. The van der Waals surface area contributed by atoms with Crippen molar-refractivity contribution in [1.82, 2.24) is 4.90 Å². The summed E-state index contributed by atoms with van der Waals surface area (Å²) in [5.41, 5.74) is 7.95. The van der Waals surface area contributed by atoms with E-state index >= 15 is 0 Å². The van der Waals surface area contributed by atoms with Gasteiger partial charge in [0.05, 0.1) is 23.0 Å². The molecule has 2 N–H and O–H groups in total. The lowest BCUT2D eigenvalue weighted by Crippen LogP contribution is -2.43. The van der Waals surface area contributed by atoms with E-state index < -0.39 is 0 Å². The van der Waals surface area contributed by atoms with Crippen molar-refractivity contribution in [2.75, 3.05) is 31.3 Å². The zero-order valence-corrected chi connectivity index (χ0v) is 11.3. The van der Waals surface area contributed by atoms with Crippen LogP contribution in [0.1, 0.15) is 18.4 Å². The molecule has 1 aliphatic rings. The molecule has 1 aliphatic heterocycles. The zero-order chi connectivity index (χ0) is 14.0. The van der Waals surface area contributed by atoms with Gasteiger partial charge < -0.3 is 15.5 Å². The minimum Gasteiger partial charge on any atom is -0.397 e. The highest BCUT2D eigenvalue weighted by atomic mass is 16.2. The molecule has 100 valence electrons. The fourth-order valence-electron chi connectivity index (χ4n) is 2.47. The van der Waals surface area contributed by atoms with E-state index in [9.17, 15) is 4.79 Å². The third-order valence-electron chi connectivity index (χ3n) is 3.45. The molecule has 1 heterocycles. The van der Waals surface area contributed by atoms with E-state index in [4.69, 9.17) is 11.0 Å². The molecule has 0 saturated carbocycles. The Morgan fingerprint density at radius 1 is 1.53 bits per heavy atom. The smallest absolute Gasteiger partial charge is 0.244 e. The molecular formula is C14H18N4O. The number of nitrogens with two attached hydrogens (primary N) is 1. The summed E-state index contributed by atoms with van der Waals surface area (Å²) in [6.07, 6.45) is 1.79. The number of carbonyl (C=O) groups excluding carboxylic acids is 1. The molecule has 1 aromatic rings. The highest BCUT2D eigenvalue weighted by Crippen LogP contribution is 2.31. The normalized spacial score (nSPS) is 18.2. The molecule has 0 spiro atoms. The average molecular weight is 258 g/mol. The average Bonchev–Trinajstić information content (AvgIpc) is 2.87. The molecule has 0 aliphatic carbocycles. The van der Waals surface area contributed by atoms with Crippen molar-refractivity contribution in [3.05, 3.63) is 23.8 Å². The van der Waals surface area contributed by atoms with Crippen LogP contribution in [0.3, 0.4) is 0 Å². The van der Waals surface area contributed by atoms with Crippen LogP contribution in [0.4, 0.5) is 11.4 Å². The Labute approximate surface area is 113 Å². The first-order chi connectivity index (χ1) is 9.04. The minimum atomic E-state index is -0.175. The number of benzene rings is 1. The summed E-state index contributed by atoms with van der Waals surface area (Å²) in [6.45, 7) is 0.795. The van der Waals surface area contributed by atoms with Crippen molar-refractivity contribution < 1.29 is 4.79 Å². The van der Waals surface area contributed by atoms with Gasteiger partial charge in [-0.3, -0.25) is 4.79 Å². The first kappa shape index (κ1) is 13.2. The highest BCUT2D eigenvalue weighted by molar-refractivity contribution is 5.87. The van der Waals surface area contributed by atoms with Gasteiger partial charge in [0.25, 0.3) is 0 Å². The summed E-state index contributed by atoms with van der Waals surface area (Å²) in [6, 6.07) is 7.11. The third-order valence-corrected chi connectivity index (χ3v) is 3.45. The van der Waals surface area contributed by atoms with E-state index in [-0.39, 0.29) is 11.9 Å². The molecule has 0 bridgehead atoms. The molecule has 0 aromatic heterocycles. The van der Waals surface area contributed by atoms with Crippen LogP contribution in [0.15, 0.2) is 18.2 Å². The second kappa shape index (κ2) is 5.19. The summed E-state index contributed by atoms with van der Waals surface area (Å²) in [4.78, 5) is 15.8. The van der Waals surface area contributed by atoms with Gasteiger partial charge in [-0.05, 0) is 31.0 Å². The maximum Gasteiger partial charge on any atom is 0.244 e. The van der Waals surface area contributed by atoms with E-state index in [2.05, 4.69) is 6.07 Å². The largest absolute Gasteiger partial charge is 0.397 e. The van der Waals surface area contributed by atoms with Crippen LogP contribution in [0.2, 0.25) is 0 Å². The van der Waals surface area contributed by atoms with E-state index in [1.807, 2.05) is 4.90 Å². The molecule has 1 atom stereocenters. The maximum absolute atomic E-state index is 12.2. The van der Waals surface area contributed by atoms with Gasteiger partial charge in [0, 0.05) is 20.6 Å². The lowest BCUT2D eigenvalue weighted by atomic mass is 10.1. The summed E-state index contributed by atoms with van der Waals surface area (Å²) >= 11 is 0. The molecule has 1 aromatic carbocycles. The van der Waals surface area contributed by atoms with Crippen molar-refractivity contribution in [1.29, 1.82) is 5.26 Å². The Balaban J connectivity index is 2.35. The van der Waals surface area contributed by atoms with Gasteiger partial charge in [0.1, 0.15) is 6.04 Å². The lowest BCUT2D eigenvalue weighted by molar-refractivity contribution is -0.129. The van der Waals surface area contributed by atoms with Crippen LogP contribution >= 0.6 is 0 Å². The molecule has 1 saturated heterocycles.